The first-order valence-corrected chi connectivity index (χ1v) is 9.14. The smallest absolute Gasteiger partial charge is 0.179 e. The topological polar surface area (TPSA) is 113 Å². The number of nitrogens with two attached hydrogens (primary N) is 1. The highest BCUT2D eigenvalue weighted by Crippen LogP contribution is 2.18. The van der Waals surface area contributed by atoms with Gasteiger partial charge in [0.05, 0.1) is 10.6 Å². The second-order valence-electron chi connectivity index (χ2n) is 4.52. The van der Waals surface area contributed by atoms with Crippen molar-refractivity contribution in [3.8, 4) is 0 Å². The van der Waals surface area contributed by atoms with E-state index in [0.717, 1.165) is 0 Å². The summed E-state index contributed by atoms with van der Waals surface area (Å²) in [6.45, 7) is 2.06. The highest BCUT2D eigenvalue weighted by Gasteiger charge is 2.15. The van der Waals surface area contributed by atoms with Crippen LogP contribution in [-0.2, 0) is 9.84 Å². The van der Waals surface area contributed by atoms with E-state index in [1.807, 2.05) is 6.92 Å². The molecule has 0 aliphatic heterocycles. The largest absolute Gasteiger partial charge is 0.409 e. The lowest BCUT2D eigenvalue weighted by Crippen LogP contribution is -2.14. The molecule has 0 saturated heterocycles. The summed E-state index contributed by atoms with van der Waals surface area (Å²) in [5.74, 6) is 0.453. The minimum atomic E-state index is -3.35. The fourth-order valence-electron chi connectivity index (χ4n) is 1.63. The summed E-state index contributed by atoms with van der Waals surface area (Å²) in [7, 11) is -3.35. The van der Waals surface area contributed by atoms with Gasteiger partial charge in [0.2, 0.25) is 0 Å². The highest BCUT2D eigenvalue weighted by atomic mass is 32.2. The second kappa shape index (κ2) is 8.26. The third kappa shape index (κ3) is 5.56. The zero-order chi connectivity index (χ0) is 15.9. The molecule has 118 valence electrons. The monoisotopic (exact) mass is 332 g/mol. The van der Waals surface area contributed by atoms with Gasteiger partial charge in [-0.1, -0.05) is 12.1 Å². The molecule has 1 aromatic rings. The maximum absolute atomic E-state index is 12.1. The SMILES string of the molecule is CC(CCO)SCCS(=O)(=O)c1ccc(/C(N)=N/O)cc1. The number of nitrogens with zero attached hydrogens (tertiary/aromatic N) is 1. The fraction of sp³-hybridized carbons (Fsp3) is 0.462. The van der Waals surface area contributed by atoms with Crippen molar-refractivity contribution in [2.45, 2.75) is 23.5 Å². The van der Waals surface area contributed by atoms with Crippen LogP contribution < -0.4 is 5.73 Å². The van der Waals surface area contributed by atoms with Crippen LogP contribution in [0.4, 0.5) is 0 Å². The molecule has 0 saturated carbocycles. The van der Waals surface area contributed by atoms with Gasteiger partial charge >= 0.3 is 0 Å². The number of aliphatic hydroxyl groups is 1. The Morgan fingerprint density at radius 1 is 1.38 bits per heavy atom. The van der Waals surface area contributed by atoms with Crippen LogP contribution in [0.25, 0.3) is 0 Å². The number of hydrogen-bond donors (Lipinski definition) is 3. The van der Waals surface area contributed by atoms with Crippen LogP contribution in [0.5, 0.6) is 0 Å². The van der Waals surface area contributed by atoms with Gasteiger partial charge in [-0.25, -0.2) is 8.42 Å². The van der Waals surface area contributed by atoms with Crippen molar-refractivity contribution in [2.24, 2.45) is 10.9 Å². The lowest BCUT2D eigenvalue weighted by atomic mass is 10.2. The summed E-state index contributed by atoms with van der Waals surface area (Å²) in [6.07, 6.45) is 0.652. The van der Waals surface area contributed by atoms with E-state index in [0.29, 0.717) is 17.7 Å². The summed E-state index contributed by atoms with van der Waals surface area (Å²) in [6, 6.07) is 5.90. The molecule has 1 unspecified atom stereocenters. The van der Waals surface area contributed by atoms with Gasteiger partial charge in [0.15, 0.2) is 15.7 Å². The standard InChI is InChI=1S/C13H20N2O4S2/c1-10(6-7-16)20-8-9-21(18,19)12-4-2-11(3-5-12)13(14)15-17/h2-5,10,16-17H,6-9H2,1H3,(H2,14,15). The Hall–Kier alpha value is -1.25. The molecule has 21 heavy (non-hydrogen) atoms. The third-order valence-corrected chi connectivity index (χ3v) is 6.14. The van der Waals surface area contributed by atoms with E-state index in [1.165, 1.54) is 36.0 Å². The van der Waals surface area contributed by atoms with Crippen molar-refractivity contribution < 1.29 is 18.7 Å². The Kier molecular flexibility index (Phi) is 7.00. The van der Waals surface area contributed by atoms with E-state index in [-0.39, 0.29) is 28.3 Å². The van der Waals surface area contributed by atoms with E-state index in [1.54, 1.807) is 0 Å². The molecule has 0 bridgehead atoms. The summed E-state index contributed by atoms with van der Waals surface area (Å²) in [5, 5.41) is 20.4. The first-order chi connectivity index (χ1) is 9.90. The van der Waals surface area contributed by atoms with E-state index in [2.05, 4.69) is 5.16 Å². The number of amidine groups is 1. The molecule has 0 fully saturated rings. The van der Waals surface area contributed by atoms with Crippen molar-refractivity contribution in [1.82, 2.24) is 0 Å². The van der Waals surface area contributed by atoms with Crippen LogP contribution in [-0.4, -0.2) is 47.9 Å². The van der Waals surface area contributed by atoms with Crippen molar-refractivity contribution in [2.75, 3.05) is 18.1 Å². The Morgan fingerprint density at radius 2 is 2.00 bits per heavy atom. The molecule has 1 atom stereocenters. The van der Waals surface area contributed by atoms with E-state index in [4.69, 9.17) is 16.0 Å². The molecule has 1 aromatic carbocycles. The summed E-state index contributed by atoms with van der Waals surface area (Å²) < 4.78 is 24.3. The summed E-state index contributed by atoms with van der Waals surface area (Å²) in [4.78, 5) is 0.215. The van der Waals surface area contributed by atoms with Crippen LogP contribution >= 0.6 is 11.8 Å². The first-order valence-electron chi connectivity index (χ1n) is 6.44. The Balaban J connectivity index is 2.66. The normalized spacial score (nSPS) is 14.1. The molecule has 0 heterocycles. The fourth-order valence-corrected chi connectivity index (χ4v) is 4.36. The Bertz CT molecular complexity index is 570. The Labute approximate surface area is 129 Å². The molecule has 0 aliphatic carbocycles. The number of oxime groups is 1. The third-order valence-electron chi connectivity index (χ3n) is 2.91. The lowest BCUT2D eigenvalue weighted by Gasteiger charge is -2.10. The highest BCUT2D eigenvalue weighted by molar-refractivity contribution is 8.01. The number of rotatable bonds is 8. The predicted molar refractivity (Wildman–Crippen MR) is 84.6 cm³/mol. The van der Waals surface area contributed by atoms with Crippen molar-refractivity contribution in [3.63, 3.8) is 0 Å². The number of benzene rings is 1. The molecule has 0 radical (unpaired) electrons. The minimum Gasteiger partial charge on any atom is -0.409 e. The average molecular weight is 332 g/mol. The predicted octanol–water partition coefficient (Wildman–Crippen LogP) is 1.06. The molecule has 0 amide bonds. The number of hydrogen-bond acceptors (Lipinski definition) is 6. The maximum Gasteiger partial charge on any atom is 0.179 e. The number of aliphatic hydroxyl groups excluding tert-OH is 1. The van der Waals surface area contributed by atoms with Gasteiger partial charge in [-0.05, 0) is 30.7 Å². The van der Waals surface area contributed by atoms with E-state index >= 15 is 0 Å². The van der Waals surface area contributed by atoms with Gasteiger partial charge in [0.25, 0.3) is 0 Å². The quantitative estimate of drug-likeness (QED) is 0.284. The van der Waals surface area contributed by atoms with Crippen LogP contribution in [0.2, 0.25) is 0 Å². The number of sulfone groups is 1. The molecule has 4 N–H and O–H groups in total. The van der Waals surface area contributed by atoms with E-state index in [9.17, 15) is 8.42 Å². The minimum absolute atomic E-state index is 0.0380. The average Bonchev–Trinajstić information content (AvgIpc) is 2.46. The second-order valence-corrected chi connectivity index (χ2v) is 8.18. The lowest BCUT2D eigenvalue weighted by molar-refractivity contribution is 0.289. The molecule has 1 rings (SSSR count). The summed E-state index contributed by atoms with van der Waals surface area (Å²) in [5.41, 5.74) is 5.88. The van der Waals surface area contributed by atoms with Gasteiger partial charge in [-0.3, -0.25) is 0 Å². The van der Waals surface area contributed by atoms with Gasteiger partial charge < -0.3 is 16.0 Å². The zero-order valence-corrected chi connectivity index (χ0v) is 13.4. The van der Waals surface area contributed by atoms with Crippen molar-refractivity contribution >= 4 is 27.4 Å². The molecule has 0 aliphatic rings. The zero-order valence-electron chi connectivity index (χ0n) is 11.8. The molecule has 8 heteroatoms. The van der Waals surface area contributed by atoms with Crippen LogP contribution in [0.15, 0.2) is 34.3 Å². The van der Waals surface area contributed by atoms with Crippen molar-refractivity contribution in [1.29, 1.82) is 0 Å². The van der Waals surface area contributed by atoms with Gasteiger partial charge in [-0.2, -0.15) is 11.8 Å². The first kappa shape index (κ1) is 17.8. The summed E-state index contributed by atoms with van der Waals surface area (Å²) >= 11 is 1.52. The Morgan fingerprint density at radius 3 is 2.52 bits per heavy atom. The van der Waals surface area contributed by atoms with Gasteiger partial charge in [0, 0.05) is 23.2 Å². The molecule has 0 aromatic heterocycles. The van der Waals surface area contributed by atoms with Gasteiger partial charge in [-0.15, -0.1) is 0 Å². The maximum atomic E-state index is 12.1. The van der Waals surface area contributed by atoms with Crippen LogP contribution in [0.1, 0.15) is 18.9 Å². The molecular formula is C13H20N2O4S2. The van der Waals surface area contributed by atoms with E-state index < -0.39 is 9.84 Å². The molecule has 0 spiro atoms. The number of thioether (sulfide) groups is 1. The van der Waals surface area contributed by atoms with Gasteiger partial charge in [0.1, 0.15) is 0 Å². The molecular weight excluding hydrogens is 312 g/mol. The van der Waals surface area contributed by atoms with Crippen molar-refractivity contribution in [3.05, 3.63) is 29.8 Å². The van der Waals surface area contributed by atoms with Crippen LogP contribution in [0.3, 0.4) is 0 Å². The van der Waals surface area contributed by atoms with Crippen LogP contribution in [0, 0.1) is 0 Å². The molecule has 6 nitrogen and oxygen atoms in total.